The number of carbonyl (C=O) groups is 1. The number of alkyl halides is 3. The van der Waals surface area contributed by atoms with Crippen LogP contribution < -0.4 is 15.4 Å². The summed E-state index contributed by atoms with van der Waals surface area (Å²) in [5.74, 6) is 0.777. The molecule has 2 heterocycles. The molecule has 0 bridgehead atoms. The van der Waals surface area contributed by atoms with Gasteiger partial charge in [0.15, 0.2) is 0 Å². The Labute approximate surface area is 178 Å². The fraction of sp³-hybridized carbons (Fsp3) is 0.0500. The number of hydrogen-bond acceptors (Lipinski definition) is 7. The highest BCUT2D eigenvalue weighted by Gasteiger charge is 2.30. The van der Waals surface area contributed by atoms with Crippen molar-refractivity contribution in [3.8, 4) is 23.2 Å². The van der Waals surface area contributed by atoms with Crippen molar-refractivity contribution in [2.45, 2.75) is 6.18 Å². The van der Waals surface area contributed by atoms with Crippen molar-refractivity contribution in [3.63, 3.8) is 0 Å². The molecule has 0 aliphatic rings. The highest BCUT2D eigenvalue weighted by atomic mass is 19.4. The lowest BCUT2D eigenvalue weighted by atomic mass is 10.2. The number of halogens is 3. The van der Waals surface area contributed by atoms with E-state index in [0.29, 0.717) is 17.1 Å². The van der Waals surface area contributed by atoms with Crippen molar-refractivity contribution in [1.29, 1.82) is 0 Å². The van der Waals surface area contributed by atoms with Gasteiger partial charge in [0.05, 0.1) is 5.56 Å². The van der Waals surface area contributed by atoms with Gasteiger partial charge < -0.3 is 19.8 Å². The van der Waals surface area contributed by atoms with E-state index in [-0.39, 0.29) is 17.5 Å². The van der Waals surface area contributed by atoms with E-state index >= 15 is 0 Å². The summed E-state index contributed by atoms with van der Waals surface area (Å²) in [4.78, 5) is 20.2. The van der Waals surface area contributed by atoms with Crippen LogP contribution in [0.3, 0.4) is 0 Å². The molecule has 4 aromatic rings. The number of benzene rings is 2. The molecule has 2 amide bonds. The standard InChI is InChI=1S/C20H13F3N6O3/c21-20(22,23)12-4-6-13(7-5-12)27-19(30)28-14-2-1-3-15(8-14)32-17-9-16(24-10-25-17)18-29-26-11-31-18/h1-11H,(H2,27,28,30). The lowest BCUT2D eigenvalue weighted by Crippen LogP contribution is -2.19. The van der Waals surface area contributed by atoms with Crippen LogP contribution >= 0.6 is 0 Å². The molecule has 2 aromatic heterocycles. The molecule has 0 aliphatic carbocycles. The minimum absolute atomic E-state index is 0.201. The lowest BCUT2D eigenvalue weighted by molar-refractivity contribution is -0.137. The van der Waals surface area contributed by atoms with Crippen LogP contribution in [-0.2, 0) is 6.18 Å². The monoisotopic (exact) mass is 442 g/mol. The molecule has 162 valence electrons. The number of ether oxygens (including phenoxy) is 1. The molecule has 0 saturated heterocycles. The number of nitrogens with zero attached hydrogens (tertiary/aromatic N) is 4. The molecule has 2 aromatic carbocycles. The largest absolute Gasteiger partial charge is 0.439 e. The van der Waals surface area contributed by atoms with Gasteiger partial charge in [-0.15, -0.1) is 10.2 Å². The second-order valence-electron chi connectivity index (χ2n) is 6.27. The van der Waals surface area contributed by atoms with Crippen molar-refractivity contribution < 1.29 is 27.1 Å². The van der Waals surface area contributed by atoms with E-state index in [2.05, 4.69) is 30.8 Å². The van der Waals surface area contributed by atoms with Gasteiger partial charge >= 0.3 is 12.2 Å². The average molecular weight is 442 g/mol. The minimum Gasteiger partial charge on any atom is -0.439 e. The van der Waals surface area contributed by atoms with Crippen molar-refractivity contribution in [1.82, 2.24) is 20.2 Å². The number of anilines is 2. The van der Waals surface area contributed by atoms with Gasteiger partial charge in [0.1, 0.15) is 17.8 Å². The van der Waals surface area contributed by atoms with Crippen LogP contribution in [0.2, 0.25) is 0 Å². The average Bonchev–Trinajstić information content (AvgIpc) is 3.29. The number of amides is 2. The highest BCUT2D eigenvalue weighted by molar-refractivity contribution is 5.99. The van der Waals surface area contributed by atoms with Gasteiger partial charge in [0.25, 0.3) is 5.89 Å². The summed E-state index contributed by atoms with van der Waals surface area (Å²) >= 11 is 0. The van der Waals surface area contributed by atoms with Crippen molar-refractivity contribution in [2.24, 2.45) is 0 Å². The Bertz CT molecular complexity index is 1210. The molecule has 0 atom stereocenters. The molecule has 9 nitrogen and oxygen atoms in total. The van der Waals surface area contributed by atoms with Crippen molar-refractivity contribution in [3.05, 3.63) is 72.9 Å². The first-order valence-electron chi connectivity index (χ1n) is 8.98. The predicted octanol–water partition coefficient (Wildman–Crippen LogP) is 4.98. The topological polar surface area (TPSA) is 115 Å². The molecule has 2 N–H and O–H groups in total. The van der Waals surface area contributed by atoms with Crippen molar-refractivity contribution >= 4 is 17.4 Å². The molecule has 32 heavy (non-hydrogen) atoms. The molecule has 4 rings (SSSR count). The lowest BCUT2D eigenvalue weighted by Gasteiger charge is -2.11. The maximum atomic E-state index is 12.6. The van der Waals surface area contributed by atoms with Gasteiger partial charge in [-0.1, -0.05) is 6.07 Å². The van der Waals surface area contributed by atoms with Gasteiger partial charge in [-0.05, 0) is 36.4 Å². The van der Waals surface area contributed by atoms with Crippen LogP contribution in [0, 0.1) is 0 Å². The summed E-state index contributed by atoms with van der Waals surface area (Å²) in [6, 6.07) is 11.4. The smallest absolute Gasteiger partial charge is 0.416 e. The first-order valence-corrected chi connectivity index (χ1v) is 8.98. The van der Waals surface area contributed by atoms with Gasteiger partial charge in [-0.25, -0.2) is 14.8 Å². The molecule has 0 unspecified atom stereocenters. The third kappa shape index (κ3) is 5.16. The Kier molecular flexibility index (Phi) is 5.66. The molecule has 0 spiro atoms. The maximum absolute atomic E-state index is 12.6. The summed E-state index contributed by atoms with van der Waals surface area (Å²) in [5, 5.41) is 12.4. The number of urea groups is 1. The van der Waals surface area contributed by atoms with E-state index in [1.54, 1.807) is 24.3 Å². The highest BCUT2D eigenvalue weighted by Crippen LogP contribution is 2.30. The second kappa shape index (κ2) is 8.71. The van der Waals surface area contributed by atoms with E-state index in [4.69, 9.17) is 9.15 Å². The van der Waals surface area contributed by atoms with Crippen LogP contribution in [0.4, 0.5) is 29.3 Å². The summed E-state index contributed by atoms with van der Waals surface area (Å²) in [7, 11) is 0. The molecule has 0 radical (unpaired) electrons. The predicted molar refractivity (Wildman–Crippen MR) is 106 cm³/mol. The summed E-state index contributed by atoms with van der Waals surface area (Å²) in [6.07, 6.45) is -2.01. The SMILES string of the molecule is O=C(Nc1ccc(C(F)(F)F)cc1)Nc1cccc(Oc2cc(-c3nnco3)ncn2)c1. The zero-order chi connectivity index (χ0) is 22.6. The number of hydrogen-bond donors (Lipinski definition) is 2. The zero-order valence-corrected chi connectivity index (χ0v) is 16.0. The molecule has 0 fully saturated rings. The fourth-order valence-electron chi connectivity index (χ4n) is 2.59. The number of nitrogens with one attached hydrogen (secondary N) is 2. The van der Waals surface area contributed by atoms with E-state index in [9.17, 15) is 18.0 Å². The molecule has 0 saturated carbocycles. The molecule has 12 heteroatoms. The summed E-state index contributed by atoms with van der Waals surface area (Å²) in [5.41, 5.74) is 0.161. The van der Waals surface area contributed by atoms with Gasteiger partial charge in [-0.3, -0.25) is 0 Å². The third-order valence-corrected chi connectivity index (χ3v) is 4.01. The third-order valence-electron chi connectivity index (χ3n) is 4.01. The second-order valence-corrected chi connectivity index (χ2v) is 6.27. The molecule has 0 aliphatic heterocycles. The van der Waals surface area contributed by atoms with Gasteiger partial charge in [-0.2, -0.15) is 13.2 Å². The molecular formula is C20H13F3N6O3. The van der Waals surface area contributed by atoms with Crippen LogP contribution in [-0.4, -0.2) is 26.2 Å². The van der Waals surface area contributed by atoms with E-state index in [1.165, 1.54) is 18.8 Å². The number of aromatic nitrogens is 4. The van der Waals surface area contributed by atoms with E-state index in [0.717, 1.165) is 24.3 Å². The van der Waals surface area contributed by atoms with Crippen LogP contribution in [0.5, 0.6) is 11.6 Å². The Morgan fingerprint density at radius 3 is 2.47 bits per heavy atom. The first kappa shape index (κ1) is 20.8. The van der Waals surface area contributed by atoms with E-state index < -0.39 is 17.8 Å². The van der Waals surface area contributed by atoms with Gasteiger partial charge in [0, 0.05) is 23.5 Å². The maximum Gasteiger partial charge on any atom is 0.416 e. The van der Waals surface area contributed by atoms with Crippen LogP contribution in [0.1, 0.15) is 5.56 Å². The number of rotatable bonds is 5. The number of carbonyl (C=O) groups excluding carboxylic acids is 1. The Morgan fingerprint density at radius 2 is 1.75 bits per heavy atom. The van der Waals surface area contributed by atoms with E-state index in [1.807, 2.05) is 0 Å². The normalized spacial score (nSPS) is 11.1. The van der Waals surface area contributed by atoms with Crippen LogP contribution in [0.25, 0.3) is 11.6 Å². The summed E-state index contributed by atoms with van der Waals surface area (Å²) < 4.78 is 48.6. The fourth-order valence-corrected chi connectivity index (χ4v) is 2.59. The van der Waals surface area contributed by atoms with Crippen LogP contribution in [0.15, 0.2) is 71.7 Å². The Morgan fingerprint density at radius 1 is 0.969 bits per heavy atom. The molecular weight excluding hydrogens is 429 g/mol. The quantitative estimate of drug-likeness (QED) is 0.448. The zero-order valence-electron chi connectivity index (χ0n) is 16.0. The summed E-state index contributed by atoms with van der Waals surface area (Å²) in [6.45, 7) is 0. The van der Waals surface area contributed by atoms with Gasteiger partial charge in [0.2, 0.25) is 12.3 Å². The Hall–Kier alpha value is -4.48. The Balaban J connectivity index is 1.40. The van der Waals surface area contributed by atoms with Crippen molar-refractivity contribution in [2.75, 3.05) is 10.6 Å². The first-order chi connectivity index (χ1) is 15.4. The minimum atomic E-state index is -4.45.